The van der Waals surface area contributed by atoms with Crippen molar-refractivity contribution in [3.8, 4) is 11.3 Å². The molecule has 1 amide bonds. The second-order valence-corrected chi connectivity index (χ2v) is 7.28. The molecule has 0 saturated heterocycles. The van der Waals surface area contributed by atoms with E-state index in [4.69, 9.17) is 0 Å². The van der Waals surface area contributed by atoms with Gasteiger partial charge in [-0.2, -0.15) is 5.10 Å². The standard InChI is InChI=1S/C19H20F3N3O/c1-25-17(12-5-7-14(20)8-6-12)16(11-3-2-4-11)18(24-25)23-15(26)9-13-10-19(13,21)22/h5-8,11,13H,2-4,9-10H2,1H3,(H,23,24,26)/t13-/m0/s1. The van der Waals surface area contributed by atoms with Gasteiger partial charge in [-0.25, -0.2) is 13.2 Å². The average molecular weight is 363 g/mol. The van der Waals surface area contributed by atoms with Crippen LogP contribution in [-0.4, -0.2) is 21.6 Å². The molecule has 0 unspecified atom stereocenters. The maximum atomic E-state index is 13.3. The van der Waals surface area contributed by atoms with E-state index < -0.39 is 17.7 Å². The Morgan fingerprint density at radius 3 is 2.50 bits per heavy atom. The van der Waals surface area contributed by atoms with E-state index in [1.807, 2.05) is 0 Å². The van der Waals surface area contributed by atoms with Gasteiger partial charge in [-0.3, -0.25) is 9.48 Å². The Labute approximate surface area is 149 Å². The normalized spacial score (nSPS) is 21.3. The molecule has 0 aliphatic heterocycles. The van der Waals surface area contributed by atoms with Crippen molar-refractivity contribution >= 4 is 11.7 Å². The summed E-state index contributed by atoms with van der Waals surface area (Å²) in [5, 5.41) is 7.15. The number of rotatable bonds is 5. The fraction of sp³-hybridized carbons (Fsp3) is 0.474. The first-order valence-electron chi connectivity index (χ1n) is 8.85. The van der Waals surface area contributed by atoms with Crippen LogP contribution in [0.1, 0.15) is 43.6 Å². The highest BCUT2D eigenvalue weighted by molar-refractivity contribution is 5.92. The summed E-state index contributed by atoms with van der Waals surface area (Å²) in [6.45, 7) is 0. The van der Waals surface area contributed by atoms with E-state index in [1.165, 1.54) is 12.1 Å². The minimum Gasteiger partial charge on any atom is -0.309 e. The molecule has 1 aromatic carbocycles. The highest BCUT2D eigenvalue weighted by Crippen LogP contribution is 2.51. The third-order valence-electron chi connectivity index (χ3n) is 5.36. The quantitative estimate of drug-likeness (QED) is 0.852. The number of aryl methyl sites for hydroxylation is 1. The van der Waals surface area contributed by atoms with Crippen molar-refractivity contribution in [2.75, 3.05) is 5.32 Å². The van der Waals surface area contributed by atoms with Crippen molar-refractivity contribution in [3.63, 3.8) is 0 Å². The van der Waals surface area contributed by atoms with Gasteiger partial charge in [-0.05, 0) is 43.0 Å². The molecule has 0 spiro atoms. The zero-order chi connectivity index (χ0) is 18.5. The van der Waals surface area contributed by atoms with E-state index >= 15 is 0 Å². The first-order valence-corrected chi connectivity index (χ1v) is 8.85. The van der Waals surface area contributed by atoms with Crippen LogP contribution in [0.15, 0.2) is 24.3 Å². The van der Waals surface area contributed by atoms with E-state index in [0.29, 0.717) is 5.82 Å². The number of hydrogen-bond donors (Lipinski definition) is 1. The second kappa shape index (κ2) is 6.14. The Kier molecular flexibility index (Phi) is 4.04. The summed E-state index contributed by atoms with van der Waals surface area (Å²) in [6, 6.07) is 6.15. The molecular formula is C19H20F3N3O. The van der Waals surface area contributed by atoms with E-state index in [-0.39, 0.29) is 24.6 Å². The van der Waals surface area contributed by atoms with Crippen molar-refractivity contribution in [2.45, 2.75) is 43.9 Å². The van der Waals surface area contributed by atoms with Gasteiger partial charge in [0.25, 0.3) is 5.92 Å². The fourth-order valence-corrected chi connectivity index (χ4v) is 3.56. The van der Waals surface area contributed by atoms with Crippen LogP contribution in [0.25, 0.3) is 11.3 Å². The molecule has 2 saturated carbocycles. The van der Waals surface area contributed by atoms with Gasteiger partial charge in [-0.15, -0.1) is 0 Å². The number of nitrogens with zero attached hydrogens (tertiary/aromatic N) is 2. The molecule has 1 atom stereocenters. The van der Waals surface area contributed by atoms with Crippen LogP contribution in [0.5, 0.6) is 0 Å². The van der Waals surface area contributed by atoms with Crippen LogP contribution in [0.3, 0.4) is 0 Å². The van der Waals surface area contributed by atoms with Crippen molar-refractivity contribution in [3.05, 3.63) is 35.6 Å². The molecule has 4 nitrogen and oxygen atoms in total. The second-order valence-electron chi connectivity index (χ2n) is 7.28. The summed E-state index contributed by atoms with van der Waals surface area (Å²) in [7, 11) is 1.77. The molecule has 1 heterocycles. The Morgan fingerprint density at radius 1 is 1.31 bits per heavy atom. The van der Waals surface area contributed by atoms with Gasteiger partial charge >= 0.3 is 0 Å². The number of halogens is 3. The first kappa shape index (κ1) is 17.1. The number of amides is 1. The molecular weight excluding hydrogens is 343 g/mol. The highest BCUT2D eigenvalue weighted by Gasteiger charge is 2.57. The van der Waals surface area contributed by atoms with E-state index in [0.717, 1.165) is 36.1 Å². The molecule has 138 valence electrons. The number of hydrogen-bond acceptors (Lipinski definition) is 2. The van der Waals surface area contributed by atoms with Crippen molar-refractivity contribution in [1.29, 1.82) is 0 Å². The van der Waals surface area contributed by atoms with Crippen LogP contribution >= 0.6 is 0 Å². The Hall–Kier alpha value is -2.31. The van der Waals surface area contributed by atoms with Gasteiger partial charge in [0.15, 0.2) is 5.82 Å². The molecule has 2 aromatic rings. The predicted octanol–water partition coefficient (Wildman–Crippen LogP) is 4.48. The molecule has 1 N–H and O–H groups in total. The summed E-state index contributed by atoms with van der Waals surface area (Å²) in [5.74, 6) is -3.63. The molecule has 2 aliphatic carbocycles. The summed E-state index contributed by atoms with van der Waals surface area (Å²) in [6.07, 6.45) is 2.66. The number of benzene rings is 1. The van der Waals surface area contributed by atoms with Gasteiger partial charge < -0.3 is 5.32 Å². The topological polar surface area (TPSA) is 46.9 Å². The lowest BCUT2D eigenvalue weighted by atomic mass is 9.79. The molecule has 2 aliphatic rings. The number of carbonyl (C=O) groups excluding carboxylic acids is 1. The summed E-state index contributed by atoms with van der Waals surface area (Å²) >= 11 is 0. The molecule has 4 rings (SSSR count). The number of carbonyl (C=O) groups is 1. The molecule has 1 aromatic heterocycles. The van der Waals surface area contributed by atoms with Crippen LogP contribution in [-0.2, 0) is 11.8 Å². The maximum absolute atomic E-state index is 13.3. The zero-order valence-corrected chi connectivity index (χ0v) is 14.4. The van der Waals surface area contributed by atoms with Crippen molar-refractivity contribution < 1.29 is 18.0 Å². The third-order valence-corrected chi connectivity index (χ3v) is 5.36. The SMILES string of the molecule is Cn1nc(NC(=O)C[C@H]2CC2(F)F)c(C2CCC2)c1-c1ccc(F)cc1. The highest BCUT2D eigenvalue weighted by atomic mass is 19.3. The monoisotopic (exact) mass is 363 g/mol. The van der Waals surface area contributed by atoms with Crippen molar-refractivity contribution in [1.82, 2.24) is 9.78 Å². The minimum atomic E-state index is -2.71. The molecule has 26 heavy (non-hydrogen) atoms. The van der Waals surface area contributed by atoms with Crippen molar-refractivity contribution in [2.24, 2.45) is 13.0 Å². The maximum Gasteiger partial charge on any atom is 0.252 e. The zero-order valence-electron chi connectivity index (χ0n) is 14.4. The Morgan fingerprint density at radius 2 is 1.96 bits per heavy atom. The first-order chi connectivity index (χ1) is 12.3. The summed E-state index contributed by atoms with van der Waals surface area (Å²) in [4.78, 5) is 12.2. The van der Waals surface area contributed by atoms with Crippen LogP contribution in [0.2, 0.25) is 0 Å². The Balaban J connectivity index is 1.63. The number of aromatic nitrogens is 2. The molecule has 0 radical (unpaired) electrons. The molecule has 0 bridgehead atoms. The third kappa shape index (κ3) is 3.10. The fourth-order valence-electron chi connectivity index (χ4n) is 3.56. The van der Waals surface area contributed by atoms with E-state index in [9.17, 15) is 18.0 Å². The van der Waals surface area contributed by atoms with Crippen LogP contribution in [0.4, 0.5) is 19.0 Å². The number of anilines is 1. The summed E-state index contributed by atoms with van der Waals surface area (Å²) in [5.41, 5.74) is 2.57. The smallest absolute Gasteiger partial charge is 0.252 e. The van der Waals surface area contributed by atoms with Crippen LogP contribution < -0.4 is 5.32 Å². The average Bonchev–Trinajstić information content (AvgIpc) is 2.99. The molecule has 7 heteroatoms. The number of nitrogens with one attached hydrogen (secondary N) is 1. The van der Waals surface area contributed by atoms with Gasteiger partial charge in [0.2, 0.25) is 5.91 Å². The molecule has 2 fully saturated rings. The van der Waals surface area contributed by atoms with E-state index in [2.05, 4.69) is 10.4 Å². The van der Waals surface area contributed by atoms with Gasteiger partial charge in [0.05, 0.1) is 5.69 Å². The van der Waals surface area contributed by atoms with E-state index in [1.54, 1.807) is 23.9 Å². The minimum absolute atomic E-state index is 0.195. The lowest BCUT2D eigenvalue weighted by Crippen LogP contribution is -2.17. The lowest BCUT2D eigenvalue weighted by molar-refractivity contribution is -0.117. The predicted molar refractivity (Wildman–Crippen MR) is 91.5 cm³/mol. The van der Waals surface area contributed by atoms with Crippen LogP contribution in [0, 0.1) is 11.7 Å². The van der Waals surface area contributed by atoms with Gasteiger partial charge in [0.1, 0.15) is 5.82 Å². The van der Waals surface area contributed by atoms with Gasteiger partial charge in [-0.1, -0.05) is 6.42 Å². The van der Waals surface area contributed by atoms with Gasteiger partial charge in [0, 0.05) is 36.9 Å². The lowest BCUT2D eigenvalue weighted by Gasteiger charge is -2.27. The summed E-state index contributed by atoms with van der Waals surface area (Å²) < 4.78 is 41.1. The largest absolute Gasteiger partial charge is 0.309 e. The number of alkyl halides is 2. The Bertz CT molecular complexity index is 840.